The summed E-state index contributed by atoms with van der Waals surface area (Å²) < 4.78 is 30.6. The van der Waals surface area contributed by atoms with Crippen LogP contribution in [-0.4, -0.2) is 27.8 Å². The smallest absolute Gasteiger partial charge is 0.268 e. The maximum absolute atomic E-state index is 13.6. The van der Waals surface area contributed by atoms with Crippen LogP contribution in [0.1, 0.15) is 18.4 Å². The van der Waals surface area contributed by atoms with E-state index in [1.807, 2.05) is 72.1 Å². The molecule has 0 amide bonds. The molecule has 1 fully saturated rings. The van der Waals surface area contributed by atoms with E-state index < -0.39 is 10.0 Å². The number of hydrogen-bond donors (Lipinski definition) is 1. The van der Waals surface area contributed by atoms with Crippen LogP contribution < -0.4 is 5.32 Å². The van der Waals surface area contributed by atoms with Crippen LogP contribution in [0.3, 0.4) is 0 Å². The predicted octanol–water partition coefficient (Wildman–Crippen LogP) is 5.08. The Bertz CT molecular complexity index is 1580. The van der Waals surface area contributed by atoms with Crippen molar-refractivity contribution >= 4 is 32.4 Å². The molecular weight excluding hydrogens is 420 g/mol. The number of benzene rings is 2. The van der Waals surface area contributed by atoms with E-state index in [4.69, 9.17) is 4.98 Å². The number of pyridine rings is 1. The van der Waals surface area contributed by atoms with Crippen molar-refractivity contribution in [3.05, 3.63) is 84.7 Å². The zero-order valence-corrected chi connectivity index (χ0v) is 18.4. The van der Waals surface area contributed by atoms with Crippen molar-refractivity contribution in [3.8, 4) is 11.3 Å². The lowest BCUT2D eigenvalue weighted by Crippen LogP contribution is -2.11. The summed E-state index contributed by atoms with van der Waals surface area (Å²) in [6.45, 7) is 1.94. The van der Waals surface area contributed by atoms with E-state index in [1.165, 1.54) is 3.97 Å². The van der Waals surface area contributed by atoms with Gasteiger partial charge in [-0.05, 0) is 50.1 Å². The summed E-state index contributed by atoms with van der Waals surface area (Å²) in [6.07, 6.45) is 5.95. The van der Waals surface area contributed by atoms with Gasteiger partial charge in [-0.2, -0.15) is 0 Å². The van der Waals surface area contributed by atoms with E-state index in [-0.39, 0.29) is 4.90 Å². The molecule has 1 N–H and O–H groups in total. The van der Waals surface area contributed by atoms with Gasteiger partial charge in [-0.25, -0.2) is 17.4 Å². The molecule has 1 saturated carbocycles. The second kappa shape index (κ2) is 6.97. The highest BCUT2D eigenvalue weighted by atomic mass is 32.2. The van der Waals surface area contributed by atoms with Crippen LogP contribution >= 0.6 is 0 Å². The van der Waals surface area contributed by atoms with Crippen LogP contribution in [0.2, 0.25) is 0 Å². The number of anilines is 1. The first-order valence-corrected chi connectivity index (χ1v) is 12.1. The van der Waals surface area contributed by atoms with Gasteiger partial charge in [-0.1, -0.05) is 42.0 Å². The third-order valence-electron chi connectivity index (χ3n) is 5.96. The van der Waals surface area contributed by atoms with E-state index in [1.54, 1.807) is 18.3 Å². The fourth-order valence-corrected chi connectivity index (χ4v) is 5.47. The van der Waals surface area contributed by atoms with Crippen LogP contribution in [0.5, 0.6) is 0 Å². The molecule has 160 valence electrons. The summed E-state index contributed by atoms with van der Waals surface area (Å²) >= 11 is 0. The number of aryl methyl sites for hydroxylation is 1. The molecule has 6 rings (SSSR count). The van der Waals surface area contributed by atoms with E-state index in [2.05, 4.69) is 5.32 Å². The molecule has 5 aromatic rings. The Hall–Kier alpha value is -3.58. The largest absolute Gasteiger partial charge is 0.367 e. The number of para-hydroxylation sites is 1. The number of rotatable bonds is 5. The Kier molecular flexibility index (Phi) is 4.16. The Morgan fingerprint density at radius 1 is 0.969 bits per heavy atom. The van der Waals surface area contributed by atoms with Crippen molar-refractivity contribution in [1.29, 1.82) is 0 Å². The highest BCUT2D eigenvalue weighted by molar-refractivity contribution is 7.90. The van der Waals surface area contributed by atoms with Crippen molar-refractivity contribution in [3.63, 3.8) is 0 Å². The van der Waals surface area contributed by atoms with Gasteiger partial charge in [0.05, 0.1) is 10.4 Å². The van der Waals surface area contributed by atoms with Gasteiger partial charge in [0, 0.05) is 29.4 Å². The molecular formula is C25H22N4O2S. The average molecular weight is 443 g/mol. The first-order valence-electron chi connectivity index (χ1n) is 10.7. The maximum Gasteiger partial charge on any atom is 0.268 e. The second-order valence-electron chi connectivity index (χ2n) is 8.33. The number of fused-ring (bicyclic) bond motifs is 2. The summed E-state index contributed by atoms with van der Waals surface area (Å²) in [6, 6.07) is 20.9. The van der Waals surface area contributed by atoms with Crippen molar-refractivity contribution < 1.29 is 8.42 Å². The van der Waals surface area contributed by atoms with Crippen molar-refractivity contribution in [2.45, 2.75) is 30.7 Å². The Morgan fingerprint density at radius 3 is 2.50 bits per heavy atom. The summed E-state index contributed by atoms with van der Waals surface area (Å²) in [5.74, 6) is 0.902. The van der Waals surface area contributed by atoms with Crippen LogP contribution in [-0.2, 0) is 10.0 Å². The predicted molar refractivity (Wildman–Crippen MR) is 127 cm³/mol. The molecule has 2 aromatic carbocycles. The number of nitrogens with zero attached hydrogens (tertiary/aromatic N) is 3. The van der Waals surface area contributed by atoms with Gasteiger partial charge < -0.3 is 5.32 Å². The first kappa shape index (κ1) is 19.1. The van der Waals surface area contributed by atoms with Gasteiger partial charge >= 0.3 is 0 Å². The maximum atomic E-state index is 13.6. The molecule has 32 heavy (non-hydrogen) atoms. The van der Waals surface area contributed by atoms with Crippen LogP contribution in [0.4, 0.5) is 5.82 Å². The monoisotopic (exact) mass is 442 g/mol. The van der Waals surface area contributed by atoms with Gasteiger partial charge in [-0.3, -0.25) is 4.40 Å². The SMILES string of the molecule is Cc1ccc(S(=O)(=O)n2cc(-c3nc4ccccn4c3NC3CC3)c3ccccc32)cc1. The lowest BCUT2D eigenvalue weighted by molar-refractivity contribution is 0.589. The molecule has 0 atom stereocenters. The summed E-state index contributed by atoms with van der Waals surface area (Å²) in [7, 11) is -3.76. The summed E-state index contributed by atoms with van der Waals surface area (Å²) in [4.78, 5) is 5.15. The van der Waals surface area contributed by atoms with Crippen molar-refractivity contribution in [1.82, 2.24) is 13.4 Å². The number of nitrogens with one attached hydrogen (secondary N) is 1. The minimum Gasteiger partial charge on any atom is -0.367 e. The van der Waals surface area contributed by atoms with Gasteiger partial charge in [-0.15, -0.1) is 0 Å². The fraction of sp³-hybridized carbons (Fsp3) is 0.160. The van der Waals surface area contributed by atoms with Crippen LogP contribution in [0, 0.1) is 6.92 Å². The Balaban J connectivity index is 1.60. The normalized spacial score (nSPS) is 14.3. The lowest BCUT2D eigenvalue weighted by Gasteiger charge is -2.08. The van der Waals surface area contributed by atoms with Gasteiger partial charge in [0.2, 0.25) is 0 Å². The van der Waals surface area contributed by atoms with Gasteiger partial charge in [0.15, 0.2) is 0 Å². The first-order chi connectivity index (χ1) is 15.5. The molecule has 0 saturated heterocycles. The van der Waals surface area contributed by atoms with Gasteiger partial charge in [0.25, 0.3) is 10.0 Å². The van der Waals surface area contributed by atoms with Gasteiger partial charge in [0.1, 0.15) is 17.2 Å². The summed E-state index contributed by atoms with van der Waals surface area (Å²) in [5, 5.41) is 4.45. The quantitative estimate of drug-likeness (QED) is 0.412. The molecule has 3 aromatic heterocycles. The molecule has 0 aliphatic heterocycles. The molecule has 0 radical (unpaired) electrons. The van der Waals surface area contributed by atoms with E-state index >= 15 is 0 Å². The Labute approximate surface area is 186 Å². The zero-order chi connectivity index (χ0) is 21.9. The molecule has 3 heterocycles. The van der Waals surface area contributed by atoms with Crippen molar-refractivity contribution in [2.75, 3.05) is 5.32 Å². The number of aromatic nitrogens is 3. The molecule has 1 aliphatic rings. The zero-order valence-electron chi connectivity index (χ0n) is 17.6. The molecule has 6 nitrogen and oxygen atoms in total. The molecule has 0 bridgehead atoms. The molecule has 1 aliphatic carbocycles. The summed E-state index contributed by atoms with van der Waals surface area (Å²) in [5.41, 5.74) is 4.03. The standard InChI is InChI=1S/C25H22N4O2S/c1-17-9-13-19(14-10-17)32(30,31)29-16-21(20-6-2-3-7-22(20)29)24-25(26-18-11-12-18)28-15-5-4-8-23(28)27-24/h2-10,13-16,18,26H,11-12H2,1H3. The minimum absolute atomic E-state index is 0.265. The second-order valence-corrected chi connectivity index (χ2v) is 10.1. The highest BCUT2D eigenvalue weighted by Gasteiger charge is 2.28. The highest BCUT2D eigenvalue weighted by Crippen LogP contribution is 2.38. The fourth-order valence-electron chi connectivity index (χ4n) is 4.10. The lowest BCUT2D eigenvalue weighted by atomic mass is 10.1. The topological polar surface area (TPSA) is 68.4 Å². The van der Waals surface area contributed by atoms with E-state index in [0.29, 0.717) is 11.6 Å². The van der Waals surface area contributed by atoms with Crippen LogP contribution in [0.25, 0.3) is 27.8 Å². The third kappa shape index (κ3) is 3.00. The number of hydrogen-bond acceptors (Lipinski definition) is 4. The average Bonchev–Trinajstić information content (AvgIpc) is 3.43. The minimum atomic E-state index is -3.76. The van der Waals surface area contributed by atoms with Crippen LogP contribution in [0.15, 0.2) is 84.0 Å². The van der Waals surface area contributed by atoms with Crippen molar-refractivity contribution in [2.24, 2.45) is 0 Å². The molecule has 0 unspecified atom stereocenters. The van der Waals surface area contributed by atoms with E-state index in [9.17, 15) is 8.42 Å². The molecule has 0 spiro atoms. The number of imidazole rings is 1. The third-order valence-corrected chi connectivity index (χ3v) is 7.65. The van der Waals surface area contributed by atoms with E-state index in [0.717, 1.165) is 46.5 Å². The Morgan fingerprint density at radius 2 is 1.72 bits per heavy atom. The molecule has 7 heteroatoms.